The third-order valence-electron chi connectivity index (χ3n) is 2.65. The lowest BCUT2D eigenvalue weighted by Crippen LogP contribution is -2.28. The van der Waals surface area contributed by atoms with E-state index in [4.69, 9.17) is 14.6 Å². The Hall–Kier alpha value is -2.08. The third kappa shape index (κ3) is 8.65. The van der Waals surface area contributed by atoms with Crippen molar-refractivity contribution in [2.24, 2.45) is 5.92 Å². The molecule has 0 aliphatic rings. The lowest BCUT2D eigenvalue weighted by molar-refractivity contribution is -0.138. The maximum atomic E-state index is 11.4. The Morgan fingerprint density at radius 3 is 2.67 bits per heavy atom. The van der Waals surface area contributed by atoms with E-state index in [1.165, 1.54) is 0 Å². The van der Waals surface area contributed by atoms with Gasteiger partial charge in [0.05, 0.1) is 13.0 Å². The summed E-state index contributed by atoms with van der Waals surface area (Å²) < 4.78 is 10.3. The molecule has 0 spiro atoms. The minimum atomic E-state index is -0.839. The average Bonchev–Trinajstić information content (AvgIpc) is 2.45. The third-order valence-corrected chi connectivity index (χ3v) is 2.65. The first-order valence-corrected chi connectivity index (χ1v) is 6.82. The van der Waals surface area contributed by atoms with Gasteiger partial charge in [-0.2, -0.15) is 0 Å². The zero-order chi connectivity index (χ0) is 15.5. The number of amides is 1. The summed E-state index contributed by atoms with van der Waals surface area (Å²) in [5, 5.41) is 11.1. The van der Waals surface area contributed by atoms with Crippen LogP contribution in [0.15, 0.2) is 30.3 Å². The van der Waals surface area contributed by atoms with Crippen molar-refractivity contribution in [2.45, 2.75) is 20.0 Å². The smallest absolute Gasteiger partial charge is 0.407 e. The van der Waals surface area contributed by atoms with E-state index in [0.717, 1.165) is 5.56 Å². The van der Waals surface area contributed by atoms with Crippen LogP contribution in [0.1, 0.15) is 18.9 Å². The van der Waals surface area contributed by atoms with Gasteiger partial charge in [-0.3, -0.25) is 4.79 Å². The zero-order valence-corrected chi connectivity index (χ0v) is 12.1. The van der Waals surface area contributed by atoms with E-state index in [-0.39, 0.29) is 18.9 Å². The Labute approximate surface area is 124 Å². The van der Waals surface area contributed by atoms with Crippen molar-refractivity contribution in [1.29, 1.82) is 0 Å². The molecule has 0 saturated carbocycles. The molecule has 0 aliphatic heterocycles. The van der Waals surface area contributed by atoms with Gasteiger partial charge in [-0.15, -0.1) is 0 Å². The van der Waals surface area contributed by atoms with Gasteiger partial charge in [-0.25, -0.2) is 4.79 Å². The van der Waals surface area contributed by atoms with E-state index in [0.29, 0.717) is 19.8 Å². The molecule has 6 heteroatoms. The number of rotatable bonds is 9. The summed E-state index contributed by atoms with van der Waals surface area (Å²) >= 11 is 0. The molecule has 0 aliphatic carbocycles. The number of nitrogens with one attached hydrogen (secondary N) is 1. The van der Waals surface area contributed by atoms with Gasteiger partial charge >= 0.3 is 12.1 Å². The molecule has 1 atom stereocenters. The number of ether oxygens (including phenoxy) is 2. The number of benzene rings is 1. The topological polar surface area (TPSA) is 84.9 Å². The van der Waals surface area contributed by atoms with Crippen LogP contribution in [0.4, 0.5) is 4.79 Å². The Bertz CT molecular complexity index is 435. The van der Waals surface area contributed by atoms with Crippen LogP contribution in [0, 0.1) is 5.92 Å². The summed E-state index contributed by atoms with van der Waals surface area (Å²) in [5.41, 5.74) is 0.923. The number of hydrogen-bond donors (Lipinski definition) is 2. The maximum absolute atomic E-state index is 11.4. The van der Waals surface area contributed by atoms with Crippen LogP contribution in [0.3, 0.4) is 0 Å². The highest BCUT2D eigenvalue weighted by Crippen LogP contribution is 2.02. The summed E-state index contributed by atoms with van der Waals surface area (Å²) in [6.07, 6.45) is -0.423. The minimum absolute atomic E-state index is 0.0486. The lowest BCUT2D eigenvalue weighted by Gasteiger charge is -2.10. The fourth-order valence-corrected chi connectivity index (χ4v) is 1.64. The van der Waals surface area contributed by atoms with Crippen LogP contribution in [0.25, 0.3) is 0 Å². The number of carbonyl (C=O) groups excluding carboxylic acids is 1. The Kier molecular flexibility index (Phi) is 7.89. The Morgan fingerprint density at radius 1 is 1.29 bits per heavy atom. The normalized spacial score (nSPS) is 11.7. The van der Waals surface area contributed by atoms with Crippen molar-refractivity contribution < 1.29 is 24.2 Å². The van der Waals surface area contributed by atoms with Gasteiger partial charge in [0.15, 0.2) is 0 Å². The monoisotopic (exact) mass is 295 g/mol. The van der Waals surface area contributed by atoms with Crippen LogP contribution < -0.4 is 5.32 Å². The van der Waals surface area contributed by atoms with Crippen molar-refractivity contribution >= 4 is 12.1 Å². The molecule has 1 amide bonds. The Morgan fingerprint density at radius 2 is 2.00 bits per heavy atom. The van der Waals surface area contributed by atoms with E-state index in [1.807, 2.05) is 30.3 Å². The number of carbonyl (C=O) groups is 2. The molecule has 6 nitrogen and oxygen atoms in total. The Balaban J connectivity index is 2.02. The highest BCUT2D eigenvalue weighted by molar-refractivity contribution is 5.67. The summed E-state index contributed by atoms with van der Waals surface area (Å²) in [5.74, 6) is -0.888. The quantitative estimate of drug-likeness (QED) is 0.681. The first-order valence-electron chi connectivity index (χ1n) is 6.82. The van der Waals surface area contributed by atoms with Crippen LogP contribution in [0.5, 0.6) is 0 Å². The fraction of sp³-hybridized carbons (Fsp3) is 0.467. The molecule has 0 bridgehead atoms. The van der Waals surface area contributed by atoms with E-state index in [1.54, 1.807) is 6.92 Å². The molecule has 116 valence electrons. The molecule has 1 aromatic carbocycles. The van der Waals surface area contributed by atoms with Crippen molar-refractivity contribution in [3.05, 3.63) is 35.9 Å². The van der Waals surface area contributed by atoms with E-state index in [2.05, 4.69) is 5.32 Å². The summed E-state index contributed by atoms with van der Waals surface area (Å²) in [6.45, 7) is 3.03. The highest BCUT2D eigenvalue weighted by Gasteiger charge is 2.07. The van der Waals surface area contributed by atoms with Gasteiger partial charge in [-0.05, 0) is 11.5 Å². The number of alkyl carbamates (subject to hydrolysis) is 1. The lowest BCUT2D eigenvalue weighted by atomic mass is 10.1. The molecule has 21 heavy (non-hydrogen) atoms. The molecule has 0 saturated heterocycles. The largest absolute Gasteiger partial charge is 0.481 e. The molecule has 0 fully saturated rings. The maximum Gasteiger partial charge on any atom is 0.407 e. The SMILES string of the molecule is CC(COCCNC(=O)OCc1ccccc1)CC(=O)O. The molecule has 0 heterocycles. The summed E-state index contributed by atoms with van der Waals surface area (Å²) in [7, 11) is 0. The number of aliphatic carboxylic acids is 1. The van der Waals surface area contributed by atoms with E-state index < -0.39 is 12.1 Å². The van der Waals surface area contributed by atoms with E-state index >= 15 is 0 Å². The molecule has 1 rings (SSSR count). The molecule has 1 aromatic rings. The first-order chi connectivity index (χ1) is 10.1. The molecule has 2 N–H and O–H groups in total. The number of carboxylic acid groups (broad SMARTS) is 1. The first kappa shape index (κ1) is 17.0. The van der Waals surface area contributed by atoms with Gasteiger partial charge in [0.25, 0.3) is 0 Å². The summed E-state index contributed by atoms with van der Waals surface area (Å²) in [4.78, 5) is 21.8. The van der Waals surface area contributed by atoms with Crippen LogP contribution in [-0.4, -0.2) is 36.9 Å². The number of hydrogen-bond acceptors (Lipinski definition) is 4. The predicted molar refractivity (Wildman–Crippen MR) is 76.9 cm³/mol. The van der Waals surface area contributed by atoms with Crippen LogP contribution in [0.2, 0.25) is 0 Å². The highest BCUT2D eigenvalue weighted by atomic mass is 16.5. The molecular weight excluding hydrogens is 274 g/mol. The molecule has 0 radical (unpaired) electrons. The van der Waals surface area contributed by atoms with Gasteiger partial charge < -0.3 is 19.9 Å². The summed E-state index contributed by atoms with van der Waals surface area (Å²) in [6, 6.07) is 9.40. The van der Waals surface area contributed by atoms with Crippen molar-refractivity contribution in [2.75, 3.05) is 19.8 Å². The standard InChI is InChI=1S/C15H21NO5/c1-12(9-14(17)18)10-20-8-7-16-15(19)21-11-13-5-3-2-4-6-13/h2-6,12H,7-11H2,1H3,(H,16,19)(H,17,18). The molecular formula is C15H21NO5. The second-order valence-corrected chi connectivity index (χ2v) is 4.77. The average molecular weight is 295 g/mol. The van der Waals surface area contributed by atoms with Gasteiger partial charge in [0.1, 0.15) is 6.61 Å². The second-order valence-electron chi connectivity index (χ2n) is 4.77. The zero-order valence-electron chi connectivity index (χ0n) is 12.1. The molecule has 0 aromatic heterocycles. The van der Waals surface area contributed by atoms with E-state index in [9.17, 15) is 9.59 Å². The van der Waals surface area contributed by atoms with Crippen molar-refractivity contribution in [1.82, 2.24) is 5.32 Å². The van der Waals surface area contributed by atoms with Crippen molar-refractivity contribution in [3.8, 4) is 0 Å². The molecule has 1 unspecified atom stereocenters. The van der Waals surface area contributed by atoms with Gasteiger partial charge in [0, 0.05) is 13.2 Å². The van der Waals surface area contributed by atoms with Crippen LogP contribution >= 0.6 is 0 Å². The predicted octanol–water partition coefficient (Wildman–Crippen LogP) is 2.04. The van der Waals surface area contributed by atoms with Gasteiger partial charge in [0.2, 0.25) is 0 Å². The fourth-order valence-electron chi connectivity index (χ4n) is 1.64. The van der Waals surface area contributed by atoms with Crippen LogP contribution in [-0.2, 0) is 20.9 Å². The minimum Gasteiger partial charge on any atom is -0.481 e. The van der Waals surface area contributed by atoms with Crippen molar-refractivity contribution in [3.63, 3.8) is 0 Å². The number of carboxylic acids is 1. The second kappa shape index (κ2) is 9.77. The van der Waals surface area contributed by atoms with Gasteiger partial charge in [-0.1, -0.05) is 37.3 Å².